The molecule has 77 heavy (non-hydrogen) atoms. The lowest BCUT2D eigenvalue weighted by atomic mass is 9.82. The molecule has 19 heteroatoms. The molecule has 5 amide bonds. The Morgan fingerprint density at radius 2 is 1.56 bits per heavy atom. The number of halogens is 1. The van der Waals surface area contributed by atoms with Gasteiger partial charge in [0.1, 0.15) is 42.4 Å². The minimum absolute atomic E-state index is 0.0104. The summed E-state index contributed by atoms with van der Waals surface area (Å²) in [5.74, 6) is -4.35. The molecule has 18 nitrogen and oxygen atoms in total. The third-order valence-corrected chi connectivity index (χ3v) is 14.3. The number of amides is 5. The van der Waals surface area contributed by atoms with E-state index in [9.17, 15) is 43.2 Å². The van der Waals surface area contributed by atoms with E-state index in [1.54, 1.807) is 52.0 Å². The molecule has 9 atom stereocenters. The summed E-state index contributed by atoms with van der Waals surface area (Å²) in [6.45, 7) is 19.7. The van der Waals surface area contributed by atoms with Crippen molar-refractivity contribution >= 4 is 64.6 Å². The number of nitrogens with one attached hydrogen (secondary N) is 5. The number of ether oxygens (including phenoxy) is 4. The van der Waals surface area contributed by atoms with E-state index in [4.69, 9.17) is 30.5 Å². The molecular formula is C58H82ClN5O13. The molecule has 0 saturated carbocycles. The molecule has 0 radical (unpaired) electrons. The van der Waals surface area contributed by atoms with Gasteiger partial charge >= 0.3 is 11.9 Å². The van der Waals surface area contributed by atoms with E-state index < -0.39 is 76.7 Å². The van der Waals surface area contributed by atoms with Gasteiger partial charge in [-0.25, -0.2) is 4.79 Å². The first kappa shape index (κ1) is 63.4. The fourth-order valence-corrected chi connectivity index (χ4v) is 9.08. The van der Waals surface area contributed by atoms with Gasteiger partial charge in [-0.15, -0.1) is 0 Å². The van der Waals surface area contributed by atoms with Gasteiger partial charge in [-0.3, -0.25) is 33.6 Å². The predicted molar refractivity (Wildman–Crippen MR) is 290 cm³/mol. The Morgan fingerprint density at radius 3 is 2.18 bits per heavy atom. The number of cyclic esters (lactones) is 1. The van der Waals surface area contributed by atoms with Crippen LogP contribution in [0.2, 0.25) is 5.02 Å². The molecule has 0 spiro atoms. The number of methoxy groups -OCH3 is 1. The minimum atomic E-state index is -1.21. The van der Waals surface area contributed by atoms with Crippen LogP contribution in [-0.4, -0.2) is 103 Å². The van der Waals surface area contributed by atoms with Crippen molar-refractivity contribution in [1.29, 1.82) is 0 Å². The Labute approximate surface area is 459 Å². The van der Waals surface area contributed by atoms with Crippen molar-refractivity contribution in [1.82, 2.24) is 26.6 Å². The van der Waals surface area contributed by atoms with Gasteiger partial charge < -0.3 is 50.3 Å². The molecule has 4 rings (SSSR count). The van der Waals surface area contributed by atoms with Crippen molar-refractivity contribution in [2.75, 3.05) is 13.7 Å². The van der Waals surface area contributed by atoms with Crippen molar-refractivity contribution < 1.29 is 62.1 Å². The molecule has 0 unspecified atom stereocenters. The average molecular weight is 1090 g/mol. The maximum atomic E-state index is 14.2. The topological polar surface area (TPSA) is 254 Å². The van der Waals surface area contributed by atoms with E-state index in [-0.39, 0.29) is 106 Å². The van der Waals surface area contributed by atoms with Crippen LogP contribution in [-0.2, 0) is 70.4 Å². The SMILES string of the molecule is COc1ccc(C[C@H]2NC(=O)/C=C/C[C@@H]([C@H](C)[C@H]3O[C@@H]3c3ccc(COC(=O)CCCNC(=O)[C@H](C)CC(=O)[C@@H](NC(=O)CCCC(C)=O)C(C)C)cc3)OC(=O)[C@H](CC(C)(C)C)NC(=O)C(C)(C)[C@H](C)NC2=O)cc1Cl. The van der Waals surface area contributed by atoms with E-state index in [2.05, 4.69) is 26.6 Å². The summed E-state index contributed by atoms with van der Waals surface area (Å²) in [5.41, 5.74) is 0.627. The molecular weight excluding hydrogens is 1010 g/mol. The van der Waals surface area contributed by atoms with Crippen molar-refractivity contribution in [2.24, 2.45) is 28.6 Å². The van der Waals surface area contributed by atoms with Crippen molar-refractivity contribution in [3.05, 3.63) is 76.3 Å². The van der Waals surface area contributed by atoms with Crippen LogP contribution in [0.3, 0.4) is 0 Å². The van der Waals surface area contributed by atoms with Crippen LogP contribution in [0.5, 0.6) is 5.75 Å². The molecule has 2 heterocycles. The second-order valence-electron chi connectivity index (χ2n) is 22.7. The van der Waals surface area contributed by atoms with E-state index in [0.29, 0.717) is 29.2 Å². The third-order valence-electron chi connectivity index (χ3n) is 14.0. The lowest BCUT2D eigenvalue weighted by Crippen LogP contribution is -2.58. The molecule has 0 bridgehead atoms. The number of esters is 2. The number of hydrogen-bond donors (Lipinski definition) is 5. The normalized spacial score (nSPS) is 22.7. The van der Waals surface area contributed by atoms with Gasteiger partial charge in [0.05, 0.1) is 29.7 Å². The summed E-state index contributed by atoms with van der Waals surface area (Å²) in [7, 11) is 1.49. The molecule has 2 aliphatic rings. The van der Waals surface area contributed by atoms with Crippen LogP contribution in [0.25, 0.3) is 0 Å². The summed E-state index contributed by atoms with van der Waals surface area (Å²) < 4.78 is 23.2. The lowest BCUT2D eigenvalue weighted by Gasteiger charge is -2.35. The third kappa shape index (κ3) is 20.3. The zero-order valence-electron chi connectivity index (χ0n) is 46.9. The van der Waals surface area contributed by atoms with Gasteiger partial charge in [0.15, 0.2) is 5.78 Å². The van der Waals surface area contributed by atoms with Crippen LogP contribution in [0.1, 0.15) is 150 Å². The summed E-state index contributed by atoms with van der Waals surface area (Å²) in [5, 5.41) is 14.5. The lowest BCUT2D eigenvalue weighted by molar-refractivity contribution is -0.157. The maximum Gasteiger partial charge on any atom is 0.328 e. The van der Waals surface area contributed by atoms with Crippen LogP contribution >= 0.6 is 11.6 Å². The van der Waals surface area contributed by atoms with E-state index in [1.807, 2.05) is 65.8 Å². The van der Waals surface area contributed by atoms with Gasteiger partial charge in [0.2, 0.25) is 29.5 Å². The molecule has 424 valence electrons. The number of hydrogen-bond acceptors (Lipinski definition) is 13. The first-order valence-corrected chi connectivity index (χ1v) is 27.1. The molecule has 1 fully saturated rings. The molecule has 2 aliphatic heterocycles. The summed E-state index contributed by atoms with van der Waals surface area (Å²) in [6.07, 6.45) is 2.93. The van der Waals surface area contributed by atoms with E-state index >= 15 is 0 Å². The molecule has 2 aromatic carbocycles. The summed E-state index contributed by atoms with van der Waals surface area (Å²) in [6, 6.07) is 8.90. The highest BCUT2D eigenvalue weighted by molar-refractivity contribution is 6.32. The molecule has 0 aromatic heterocycles. The number of rotatable bonds is 23. The van der Waals surface area contributed by atoms with E-state index in [0.717, 1.165) is 11.1 Å². The highest BCUT2D eigenvalue weighted by Gasteiger charge is 2.48. The largest absolute Gasteiger partial charge is 0.495 e. The van der Waals surface area contributed by atoms with Crippen LogP contribution < -0.4 is 31.3 Å². The molecule has 1 saturated heterocycles. The maximum absolute atomic E-state index is 14.2. The quantitative estimate of drug-likeness (QED) is 0.0431. The zero-order chi connectivity index (χ0) is 57.4. The highest BCUT2D eigenvalue weighted by Crippen LogP contribution is 2.45. The number of Topliss-reactive ketones (excluding diaryl/α,β-unsaturated/α-hetero) is 2. The van der Waals surface area contributed by atoms with Gasteiger partial charge in [-0.05, 0) is 93.2 Å². The fraction of sp³-hybridized carbons (Fsp3) is 0.603. The molecule has 2 aromatic rings. The van der Waals surface area contributed by atoms with Crippen LogP contribution in [0, 0.1) is 28.6 Å². The smallest absolute Gasteiger partial charge is 0.328 e. The second-order valence-corrected chi connectivity index (χ2v) is 23.1. The van der Waals surface area contributed by atoms with E-state index in [1.165, 1.54) is 20.1 Å². The zero-order valence-corrected chi connectivity index (χ0v) is 47.7. The van der Waals surface area contributed by atoms with Crippen molar-refractivity contribution in [3.63, 3.8) is 0 Å². The summed E-state index contributed by atoms with van der Waals surface area (Å²) in [4.78, 5) is 118. The monoisotopic (exact) mass is 1090 g/mol. The first-order chi connectivity index (χ1) is 36.1. The Morgan fingerprint density at radius 1 is 0.883 bits per heavy atom. The van der Waals surface area contributed by atoms with Gasteiger partial charge in [-0.1, -0.05) is 96.5 Å². The average Bonchev–Trinajstić information content (AvgIpc) is 4.16. The Bertz CT molecular complexity index is 2450. The number of carbonyl (C=O) groups is 9. The van der Waals surface area contributed by atoms with Gasteiger partial charge in [0.25, 0.3) is 0 Å². The number of benzene rings is 2. The molecule has 0 aliphatic carbocycles. The van der Waals surface area contributed by atoms with Crippen LogP contribution in [0.4, 0.5) is 0 Å². The minimum Gasteiger partial charge on any atom is -0.495 e. The first-order valence-electron chi connectivity index (χ1n) is 26.7. The Hall–Kier alpha value is -6.14. The van der Waals surface area contributed by atoms with Gasteiger partial charge in [-0.2, -0.15) is 0 Å². The second kappa shape index (κ2) is 29.0. The molecule has 5 N–H and O–H groups in total. The number of ketones is 2. The Kier molecular flexibility index (Phi) is 23.9. The predicted octanol–water partition coefficient (Wildman–Crippen LogP) is 6.91. The summed E-state index contributed by atoms with van der Waals surface area (Å²) >= 11 is 6.41. The Balaban J connectivity index is 1.36. The number of carbonyl (C=O) groups excluding carboxylic acids is 9. The fourth-order valence-electron chi connectivity index (χ4n) is 8.80. The van der Waals surface area contributed by atoms with Crippen molar-refractivity contribution in [3.8, 4) is 5.75 Å². The highest BCUT2D eigenvalue weighted by atomic mass is 35.5. The van der Waals surface area contributed by atoms with Crippen LogP contribution in [0.15, 0.2) is 54.6 Å². The standard InChI is InChI=1S/C58H82ClN5O13/c1-33(2)50(64-48(68)18-13-16-35(4)65)44(66)28-34(3)53(70)60-27-15-20-49(69)75-32-38-21-24-40(25-22-38)52-51(77-52)36(5)45-17-14-19-47(67)62-42(30-39-23-26-46(74-12)41(59)29-39)54(71)61-37(6)58(10,11)56(73)63-43(55(72)76-45)31-57(7,8)9/h14,19,21-26,29,33-34,36-37,42-43,45,50-52H,13,15-18,20,27-28,30-32H2,1-12H3,(H,60,70)(H,61,71)(H,62,67)(H,63,73)(H,64,68)/b19-14+/t34-,36+,37+,42-,43+,45+,50+,51-,52-/m1/s1. The number of epoxide rings is 1. The van der Waals surface area contributed by atoms with Crippen molar-refractivity contribution in [2.45, 2.75) is 183 Å². The van der Waals surface area contributed by atoms with Gasteiger partial charge in [0, 0.05) is 62.9 Å².